The summed E-state index contributed by atoms with van der Waals surface area (Å²) in [5.41, 5.74) is 3.99. The first-order valence-electron chi connectivity index (χ1n) is 7.94. The number of thiophene rings is 1. The summed E-state index contributed by atoms with van der Waals surface area (Å²) in [6.07, 6.45) is 1.90. The molecule has 0 saturated carbocycles. The minimum Gasteiger partial charge on any atom is -0.507 e. The Balaban J connectivity index is 1.98. The van der Waals surface area contributed by atoms with Gasteiger partial charge in [0.25, 0.3) is 0 Å². The van der Waals surface area contributed by atoms with Gasteiger partial charge in [-0.2, -0.15) is 0 Å². The van der Waals surface area contributed by atoms with Gasteiger partial charge in [0.05, 0.1) is 10.2 Å². The van der Waals surface area contributed by atoms with Crippen LogP contribution in [0, 0.1) is 0 Å². The monoisotopic (exact) mass is 334 g/mol. The SMILES string of the molecule is CN[C@@H](C)c1ccc(-c2c(O)ccc3ncc4sccc4c23)cc1. The van der Waals surface area contributed by atoms with Crippen molar-refractivity contribution in [2.24, 2.45) is 0 Å². The molecule has 0 fully saturated rings. The second kappa shape index (κ2) is 5.89. The molecule has 4 rings (SSSR count). The van der Waals surface area contributed by atoms with Gasteiger partial charge in [0.15, 0.2) is 0 Å². The summed E-state index contributed by atoms with van der Waals surface area (Å²) in [4.78, 5) is 4.56. The number of nitrogens with zero attached hydrogens (tertiary/aromatic N) is 1. The molecule has 2 aromatic carbocycles. The quantitative estimate of drug-likeness (QED) is 0.548. The number of phenolic OH excluding ortho intramolecular Hbond substituents is 1. The molecule has 24 heavy (non-hydrogen) atoms. The van der Waals surface area contributed by atoms with Crippen molar-refractivity contribution in [2.75, 3.05) is 7.05 Å². The molecule has 4 heteroatoms. The van der Waals surface area contributed by atoms with Gasteiger partial charge < -0.3 is 10.4 Å². The largest absolute Gasteiger partial charge is 0.507 e. The van der Waals surface area contributed by atoms with Crippen molar-refractivity contribution < 1.29 is 5.11 Å². The Morgan fingerprint density at radius 1 is 1.08 bits per heavy atom. The molecule has 120 valence electrons. The van der Waals surface area contributed by atoms with Gasteiger partial charge >= 0.3 is 0 Å². The number of nitrogens with one attached hydrogen (secondary N) is 1. The van der Waals surface area contributed by atoms with Crippen LogP contribution in [0.4, 0.5) is 0 Å². The Hall–Kier alpha value is -2.43. The zero-order valence-corrected chi connectivity index (χ0v) is 14.4. The Labute approximate surface area is 144 Å². The molecule has 0 aliphatic heterocycles. The summed E-state index contributed by atoms with van der Waals surface area (Å²) in [6.45, 7) is 2.13. The summed E-state index contributed by atoms with van der Waals surface area (Å²) in [7, 11) is 1.95. The van der Waals surface area contributed by atoms with E-state index < -0.39 is 0 Å². The van der Waals surface area contributed by atoms with E-state index in [1.807, 2.05) is 19.3 Å². The maximum atomic E-state index is 10.5. The fourth-order valence-electron chi connectivity index (χ4n) is 3.11. The molecule has 2 N–H and O–H groups in total. The third-order valence-electron chi connectivity index (χ3n) is 4.58. The molecule has 2 heterocycles. The minimum atomic E-state index is 0.289. The first kappa shape index (κ1) is 15.1. The molecule has 0 radical (unpaired) electrons. The normalized spacial score (nSPS) is 12.8. The standard InChI is InChI=1S/C20H18N2OS/c1-12(21-2)13-3-5-14(6-4-13)19-17(23)8-7-16-20(19)15-9-10-24-18(15)11-22-16/h3-12,21,23H,1-2H3/t12-/m0/s1. The topological polar surface area (TPSA) is 45.1 Å². The molecular formula is C20H18N2OS. The molecule has 0 aliphatic carbocycles. The van der Waals surface area contributed by atoms with Crippen LogP contribution in [-0.2, 0) is 0 Å². The van der Waals surface area contributed by atoms with Gasteiger partial charge in [-0.15, -0.1) is 11.3 Å². The van der Waals surface area contributed by atoms with Crippen LogP contribution in [0.15, 0.2) is 54.0 Å². The van der Waals surface area contributed by atoms with E-state index in [0.717, 1.165) is 32.1 Å². The number of aromatic nitrogens is 1. The number of pyridine rings is 1. The average molecular weight is 334 g/mol. The molecule has 0 bridgehead atoms. The second-order valence-electron chi connectivity index (χ2n) is 5.94. The number of benzene rings is 2. The lowest BCUT2D eigenvalue weighted by Crippen LogP contribution is -2.11. The van der Waals surface area contributed by atoms with Crippen molar-refractivity contribution in [3.05, 3.63) is 59.6 Å². The number of phenols is 1. The molecule has 2 aromatic heterocycles. The Bertz CT molecular complexity index is 1020. The number of fused-ring (bicyclic) bond motifs is 3. The highest BCUT2D eigenvalue weighted by Gasteiger charge is 2.14. The van der Waals surface area contributed by atoms with Crippen molar-refractivity contribution in [2.45, 2.75) is 13.0 Å². The summed E-state index contributed by atoms with van der Waals surface area (Å²) in [6, 6.07) is 14.4. The highest BCUT2D eigenvalue weighted by Crippen LogP contribution is 2.40. The van der Waals surface area contributed by atoms with Crippen molar-refractivity contribution in [3.8, 4) is 16.9 Å². The Morgan fingerprint density at radius 2 is 1.88 bits per heavy atom. The lowest BCUT2D eigenvalue weighted by atomic mass is 9.96. The van der Waals surface area contributed by atoms with Crippen LogP contribution >= 0.6 is 11.3 Å². The molecular weight excluding hydrogens is 316 g/mol. The van der Waals surface area contributed by atoms with E-state index in [1.54, 1.807) is 17.4 Å². The fraction of sp³-hybridized carbons (Fsp3) is 0.150. The van der Waals surface area contributed by atoms with E-state index in [2.05, 4.69) is 52.9 Å². The van der Waals surface area contributed by atoms with Crippen LogP contribution in [0.2, 0.25) is 0 Å². The molecule has 0 saturated heterocycles. The zero-order valence-electron chi connectivity index (χ0n) is 13.6. The fourth-order valence-corrected chi connectivity index (χ4v) is 3.88. The summed E-state index contributed by atoms with van der Waals surface area (Å²) >= 11 is 1.67. The van der Waals surface area contributed by atoms with Gasteiger partial charge in [-0.25, -0.2) is 0 Å². The zero-order chi connectivity index (χ0) is 16.7. The van der Waals surface area contributed by atoms with E-state index >= 15 is 0 Å². The molecule has 1 atom stereocenters. The van der Waals surface area contributed by atoms with Crippen LogP contribution in [0.25, 0.3) is 32.1 Å². The van der Waals surface area contributed by atoms with E-state index in [1.165, 1.54) is 5.56 Å². The van der Waals surface area contributed by atoms with Crippen molar-refractivity contribution in [1.82, 2.24) is 10.3 Å². The summed E-state index contributed by atoms with van der Waals surface area (Å²) in [5, 5.41) is 18.0. The van der Waals surface area contributed by atoms with Crippen LogP contribution in [0.1, 0.15) is 18.5 Å². The number of aromatic hydroxyl groups is 1. The van der Waals surface area contributed by atoms with Crippen molar-refractivity contribution >= 4 is 32.3 Å². The molecule has 0 unspecified atom stereocenters. The van der Waals surface area contributed by atoms with Crippen molar-refractivity contribution in [3.63, 3.8) is 0 Å². The first-order valence-corrected chi connectivity index (χ1v) is 8.82. The van der Waals surface area contributed by atoms with Crippen LogP contribution in [0.5, 0.6) is 5.75 Å². The molecule has 0 aliphatic rings. The smallest absolute Gasteiger partial charge is 0.124 e. The lowest BCUT2D eigenvalue weighted by Gasteiger charge is -2.13. The lowest BCUT2D eigenvalue weighted by molar-refractivity contribution is 0.478. The number of rotatable bonds is 3. The van der Waals surface area contributed by atoms with E-state index in [9.17, 15) is 5.11 Å². The van der Waals surface area contributed by atoms with Gasteiger partial charge in [-0.1, -0.05) is 24.3 Å². The molecule has 0 amide bonds. The van der Waals surface area contributed by atoms with Crippen LogP contribution in [-0.4, -0.2) is 17.1 Å². The van der Waals surface area contributed by atoms with Gasteiger partial charge in [0, 0.05) is 28.6 Å². The minimum absolute atomic E-state index is 0.289. The molecule has 3 nitrogen and oxygen atoms in total. The molecule has 4 aromatic rings. The van der Waals surface area contributed by atoms with E-state index in [0.29, 0.717) is 6.04 Å². The summed E-state index contributed by atoms with van der Waals surface area (Å²) in [5.74, 6) is 0.289. The van der Waals surface area contributed by atoms with Crippen LogP contribution < -0.4 is 5.32 Å². The molecule has 0 spiro atoms. The van der Waals surface area contributed by atoms with Gasteiger partial charge in [-0.05, 0) is 48.7 Å². The maximum absolute atomic E-state index is 10.5. The van der Waals surface area contributed by atoms with E-state index in [4.69, 9.17) is 0 Å². The third-order valence-corrected chi connectivity index (χ3v) is 5.43. The Morgan fingerprint density at radius 3 is 2.62 bits per heavy atom. The highest BCUT2D eigenvalue weighted by atomic mass is 32.1. The predicted molar refractivity (Wildman–Crippen MR) is 102 cm³/mol. The van der Waals surface area contributed by atoms with E-state index in [-0.39, 0.29) is 5.75 Å². The number of hydrogen-bond donors (Lipinski definition) is 2. The average Bonchev–Trinajstić information content (AvgIpc) is 3.10. The van der Waals surface area contributed by atoms with Crippen molar-refractivity contribution in [1.29, 1.82) is 0 Å². The predicted octanol–water partition coefficient (Wildman–Crippen LogP) is 5.10. The van der Waals surface area contributed by atoms with Gasteiger partial charge in [0.2, 0.25) is 0 Å². The first-order chi connectivity index (χ1) is 11.7. The third kappa shape index (κ3) is 2.35. The number of hydrogen-bond acceptors (Lipinski definition) is 4. The summed E-state index contributed by atoms with van der Waals surface area (Å²) < 4.78 is 1.13. The Kier molecular flexibility index (Phi) is 3.71. The van der Waals surface area contributed by atoms with Gasteiger partial charge in [0.1, 0.15) is 5.75 Å². The highest BCUT2D eigenvalue weighted by molar-refractivity contribution is 7.17. The maximum Gasteiger partial charge on any atom is 0.124 e. The van der Waals surface area contributed by atoms with Crippen LogP contribution in [0.3, 0.4) is 0 Å². The second-order valence-corrected chi connectivity index (χ2v) is 6.89. The van der Waals surface area contributed by atoms with Gasteiger partial charge in [-0.3, -0.25) is 4.98 Å².